The molecule has 0 radical (unpaired) electrons. The van der Waals surface area contributed by atoms with Crippen molar-refractivity contribution in [3.63, 3.8) is 0 Å². The summed E-state index contributed by atoms with van der Waals surface area (Å²) in [5.74, 6) is -0.393. The Morgan fingerprint density at radius 1 is 1.09 bits per heavy atom. The number of aromatic carboxylic acids is 1. The second-order valence-corrected chi connectivity index (χ2v) is 8.17. The second kappa shape index (κ2) is 9.88. The summed E-state index contributed by atoms with van der Waals surface area (Å²) in [6, 6.07) is 21.9. The maximum absolute atomic E-state index is 13.4. The van der Waals surface area contributed by atoms with E-state index < -0.39 is 5.97 Å². The van der Waals surface area contributed by atoms with Crippen molar-refractivity contribution in [3.05, 3.63) is 101 Å². The number of hydrogen-bond acceptors (Lipinski definition) is 3. The van der Waals surface area contributed by atoms with E-state index in [1.807, 2.05) is 36.4 Å². The average molecular weight is 447 g/mol. The molecule has 33 heavy (non-hydrogen) atoms. The standard InChI is InChI=1S/C27H27FN2O3/c1-18(20-6-4-3-5-7-20)15-29-16-24-23-13-12-22(33-2)14-25(23)30(26(24)27(31)32)17-19-8-10-21(28)11-9-19/h3-14,18,29H,15-17H2,1-2H3,(H,31,32). The number of nitrogens with zero attached hydrogens (tertiary/aromatic N) is 1. The van der Waals surface area contributed by atoms with E-state index >= 15 is 0 Å². The molecule has 3 aromatic carbocycles. The molecule has 0 aliphatic rings. The van der Waals surface area contributed by atoms with E-state index in [0.29, 0.717) is 25.4 Å². The summed E-state index contributed by atoms with van der Waals surface area (Å²) in [6.07, 6.45) is 0. The van der Waals surface area contributed by atoms with Gasteiger partial charge >= 0.3 is 5.97 Å². The lowest BCUT2D eigenvalue weighted by atomic mass is 10.0. The van der Waals surface area contributed by atoms with Gasteiger partial charge in [0.1, 0.15) is 17.3 Å². The number of carbonyl (C=O) groups is 1. The van der Waals surface area contributed by atoms with E-state index in [4.69, 9.17) is 4.74 Å². The van der Waals surface area contributed by atoms with Gasteiger partial charge in [-0.25, -0.2) is 9.18 Å². The van der Waals surface area contributed by atoms with Crippen LogP contribution in [0, 0.1) is 5.82 Å². The van der Waals surface area contributed by atoms with Gasteiger partial charge in [0.05, 0.1) is 12.6 Å². The molecule has 4 rings (SSSR count). The van der Waals surface area contributed by atoms with Gasteiger partial charge in [-0.1, -0.05) is 49.4 Å². The minimum Gasteiger partial charge on any atom is -0.497 e. The first-order valence-corrected chi connectivity index (χ1v) is 10.9. The lowest BCUT2D eigenvalue weighted by Gasteiger charge is -2.14. The molecule has 1 atom stereocenters. The van der Waals surface area contributed by atoms with E-state index in [1.54, 1.807) is 23.8 Å². The molecule has 1 aromatic heterocycles. The molecule has 0 bridgehead atoms. The van der Waals surface area contributed by atoms with Gasteiger partial charge in [0.15, 0.2) is 0 Å². The summed E-state index contributed by atoms with van der Waals surface area (Å²) in [5, 5.41) is 14.4. The smallest absolute Gasteiger partial charge is 0.352 e. The Morgan fingerprint density at radius 3 is 2.48 bits per heavy atom. The highest BCUT2D eigenvalue weighted by Crippen LogP contribution is 2.31. The number of hydrogen-bond donors (Lipinski definition) is 2. The Balaban J connectivity index is 1.69. The molecule has 0 aliphatic carbocycles. The minimum atomic E-state index is -1.000. The molecule has 0 saturated carbocycles. The number of rotatable bonds is 9. The largest absolute Gasteiger partial charge is 0.497 e. The Labute approximate surface area is 192 Å². The average Bonchev–Trinajstić information content (AvgIpc) is 3.13. The summed E-state index contributed by atoms with van der Waals surface area (Å²) >= 11 is 0. The third-order valence-electron chi connectivity index (χ3n) is 5.95. The zero-order valence-electron chi connectivity index (χ0n) is 18.7. The molecule has 1 unspecified atom stereocenters. The first-order chi connectivity index (χ1) is 16.0. The van der Waals surface area contributed by atoms with E-state index in [2.05, 4.69) is 24.4 Å². The summed E-state index contributed by atoms with van der Waals surface area (Å²) in [6.45, 7) is 3.58. The number of carboxylic acid groups (broad SMARTS) is 1. The first kappa shape index (κ1) is 22.6. The van der Waals surface area contributed by atoms with Crippen LogP contribution in [0.5, 0.6) is 5.75 Å². The zero-order valence-corrected chi connectivity index (χ0v) is 18.7. The molecule has 1 heterocycles. The van der Waals surface area contributed by atoms with Gasteiger partial charge in [-0.15, -0.1) is 0 Å². The Kier molecular flexibility index (Phi) is 6.75. The molecule has 5 nitrogen and oxygen atoms in total. The van der Waals surface area contributed by atoms with Crippen molar-refractivity contribution in [2.75, 3.05) is 13.7 Å². The van der Waals surface area contributed by atoms with Crippen molar-refractivity contribution in [3.8, 4) is 5.75 Å². The number of methoxy groups -OCH3 is 1. The van der Waals surface area contributed by atoms with Gasteiger partial charge < -0.3 is 19.7 Å². The third kappa shape index (κ3) is 4.91. The number of halogens is 1. The monoisotopic (exact) mass is 446 g/mol. The number of aromatic nitrogens is 1. The van der Waals surface area contributed by atoms with Gasteiger partial charge in [0.25, 0.3) is 0 Å². The van der Waals surface area contributed by atoms with Gasteiger partial charge in [-0.05, 0) is 41.3 Å². The minimum absolute atomic E-state index is 0.224. The van der Waals surface area contributed by atoms with E-state index in [-0.39, 0.29) is 17.4 Å². The topological polar surface area (TPSA) is 63.5 Å². The van der Waals surface area contributed by atoms with Crippen LogP contribution < -0.4 is 10.1 Å². The molecule has 6 heteroatoms. The van der Waals surface area contributed by atoms with Gasteiger partial charge in [0, 0.05) is 36.7 Å². The number of nitrogens with one attached hydrogen (secondary N) is 1. The molecule has 0 saturated heterocycles. The van der Waals surface area contributed by atoms with Crippen LogP contribution in [0.3, 0.4) is 0 Å². The van der Waals surface area contributed by atoms with Crippen molar-refractivity contribution < 1.29 is 19.0 Å². The van der Waals surface area contributed by atoms with Crippen LogP contribution in [0.4, 0.5) is 4.39 Å². The fourth-order valence-corrected chi connectivity index (χ4v) is 4.20. The Hall–Kier alpha value is -3.64. The van der Waals surface area contributed by atoms with Crippen molar-refractivity contribution >= 4 is 16.9 Å². The van der Waals surface area contributed by atoms with Gasteiger partial charge in [-0.2, -0.15) is 0 Å². The van der Waals surface area contributed by atoms with E-state index in [9.17, 15) is 14.3 Å². The lowest BCUT2D eigenvalue weighted by molar-refractivity contribution is 0.0684. The highest BCUT2D eigenvalue weighted by atomic mass is 19.1. The van der Waals surface area contributed by atoms with E-state index in [1.165, 1.54) is 17.7 Å². The molecule has 0 aliphatic heterocycles. The number of benzene rings is 3. The van der Waals surface area contributed by atoms with Crippen LogP contribution in [-0.4, -0.2) is 29.3 Å². The maximum atomic E-state index is 13.4. The summed E-state index contributed by atoms with van der Waals surface area (Å²) in [5.41, 5.74) is 3.76. The predicted molar refractivity (Wildman–Crippen MR) is 128 cm³/mol. The molecule has 0 fully saturated rings. The molecule has 0 spiro atoms. The zero-order chi connectivity index (χ0) is 23.4. The fourth-order valence-electron chi connectivity index (χ4n) is 4.20. The van der Waals surface area contributed by atoms with Crippen LogP contribution in [0.25, 0.3) is 10.9 Å². The molecular formula is C27H27FN2O3. The summed E-state index contributed by atoms with van der Waals surface area (Å²) in [4.78, 5) is 12.4. The van der Waals surface area contributed by atoms with Crippen LogP contribution in [0.15, 0.2) is 72.8 Å². The molecule has 2 N–H and O–H groups in total. The van der Waals surface area contributed by atoms with Gasteiger partial charge in [0.2, 0.25) is 0 Å². The second-order valence-electron chi connectivity index (χ2n) is 8.17. The highest BCUT2D eigenvalue weighted by molar-refractivity contribution is 5.98. The highest BCUT2D eigenvalue weighted by Gasteiger charge is 2.23. The predicted octanol–water partition coefficient (Wildman–Crippen LogP) is 5.43. The Morgan fingerprint density at radius 2 is 1.82 bits per heavy atom. The molecule has 170 valence electrons. The summed E-state index contributed by atoms with van der Waals surface area (Å²) in [7, 11) is 1.58. The van der Waals surface area contributed by atoms with Gasteiger partial charge in [-0.3, -0.25) is 0 Å². The summed E-state index contributed by atoms with van der Waals surface area (Å²) < 4.78 is 20.5. The number of carboxylic acids is 1. The van der Waals surface area contributed by atoms with Crippen LogP contribution >= 0.6 is 0 Å². The van der Waals surface area contributed by atoms with Crippen molar-refractivity contribution in [1.29, 1.82) is 0 Å². The van der Waals surface area contributed by atoms with Crippen molar-refractivity contribution in [2.24, 2.45) is 0 Å². The van der Waals surface area contributed by atoms with Crippen LogP contribution in [0.2, 0.25) is 0 Å². The molecule has 0 amide bonds. The molecule has 4 aromatic rings. The van der Waals surface area contributed by atoms with Crippen LogP contribution in [-0.2, 0) is 13.1 Å². The Bertz CT molecular complexity index is 1250. The fraction of sp³-hybridized carbons (Fsp3) is 0.222. The van der Waals surface area contributed by atoms with Crippen molar-refractivity contribution in [1.82, 2.24) is 9.88 Å². The lowest BCUT2D eigenvalue weighted by Crippen LogP contribution is -2.21. The quantitative estimate of drug-likeness (QED) is 0.360. The number of fused-ring (bicyclic) bond motifs is 1. The number of ether oxygens (including phenoxy) is 1. The normalized spacial score (nSPS) is 12.1. The molecular weight excluding hydrogens is 419 g/mol. The first-order valence-electron chi connectivity index (χ1n) is 10.9. The maximum Gasteiger partial charge on any atom is 0.352 e. The van der Waals surface area contributed by atoms with Crippen molar-refractivity contribution in [2.45, 2.75) is 25.9 Å². The SMILES string of the molecule is COc1ccc2c(CNCC(C)c3ccccc3)c(C(=O)O)n(Cc3ccc(F)cc3)c2c1. The van der Waals surface area contributed by atoms with Crippen LogP contribution in [0.1, 0.15) is 40.0 Å². The van der Waals surface area contributed by atoms with E-state index in [0.717, 1.165) is 22.0 Å². The third-order valence-corrected chi connectivity index (χ3v) is 5.95.